The monoisotopic (exact) mass is 442 g/mol. The molecule has 0 saturated carbocycles. The fourth-order valence-electron chi connectivity index (χ4n) is 4.59. The normalized spacial score (nSPS) is 19.3. The average molecular weight is 443 g/mol. The van der Waals surface area contributed by atoms with Gasteiger partial charge >= 0.3 is 0 Å². The molecule has 0 bridgehead atoms. The second-order valence-electron chi connectivity index (χ2n) is 8.45. The van der Waals surface area contributed by atoms with Gasteiger partial charge in [-0.15, -0.1) is 0 Å². The van der Waals surface area contributed by atoms with Gasteiger partial charge in [0.05, 0.1) is 24.2 Å². The van der Waals surface area contributed by atoms with Gasteiger partial charge < -0.3 is 15.0 Å². The summed E-state index contributed by atoms with van der Waals surface area (Å²) in [7, 11) is 0. The number of ether oxygens (including phenoxy) is 1. The number of fused-ring (bicyclic) bond motifs is 1. The lowest BCUT2D eigenvalue weighted by molar-refractivity contribution is 0.122. The summed E-state index contributed by atoms with van der Waals surface area (Å²) in [4.78, 5) is 15.9. The van der Waals surface area contributed by atoms with Crippen LogP contribution in [0.4, 0.5) is 14.6 Å². The van der Waals surface area contributed by atoms with E-state index >= 15 is 0 Å². The number of benzene rings is 1. The van der Waals surface area contributed by atoms with Crippen molar-refractivity contribution in [3.8, 4) is 5.82 Å². The van der Waals surface area contributed by atoms with Crippen molar-refractivity contribution in [1.29, 1.82) is 0 Å². The van der Waals surface area contributed by atoms with Gasteiger partial charge in [-0.05, 0) is 50.4 Å². The number of anilines is 1. The van der Waals surface area contributed by atoms with Crippen LogP contribution < -0.4 is 10.2 Å². The van der Waals surface area contributed by atoms with E-state index in [9.17, 15) is 8.78 Å². The highest BCUT2D eigenvalue weighted by atomic mass is 19.3. The summed E-state index contributed by atoms with van der Waals surface area (Å²) >= 11 is 0. The number of rotatable bonds is 7. The van der Waals surface area contributed by atoms with Crippen molar-refractivity contribution < 1.29 is 13.5 Å². The predicted molar refractivity (Wildman–Crippen MR) is 119 cm³/mol. The first-order chi connectivity index (χ1) is 15.7. The van der Waals surface area contributed by atoms with Crippen LogP contribution in [0, 0.1) is 5.92 Å². The highest BCUT2D eigenvalue weighted by molar-refractivity contribution is 5.78. The summed E-state index contributed by atoms with van der Waals surface area (Å²) in [5, 5.41) is 3.40. The third kappa shape index (κ3) is 4.45. The van der Waals surface area contributed by atoms with E-state index in [1.54, 1.807) is 24.3 Å². The molecule has 4 heterocycles. The Morgan fingerprint density at radius 2 is 1.91 bits per heavy atom. The Hall–Kier alpha value is -2.65. The second kappa shape index (κ2) is 9.46. The Morgan fingerprint density at radius 3 is 2.69 bits per heavy atom. The average Bonchev–Trinajstić information content (AvgIpc) is 3.47. The van der Waals surface area contributed by atoms with Crippen molar-refractivity contribution in [1.82, 2.24) is 24.8 Å². The topological polar surface area (TPSA) is 68.1 Å². The Morgan fingerprint density at radius 1 is 1.09 bits per heavy atom. The van der Waals surface area contributed by atoms with E-state index in [0.29, 0.717) is 41.8 Å². The molecule has 9 heteroatoms. The SMILES string of the molecule is FC(F)c1nc2ccccc2n1-c1cc(N2CCOCC2)nc(CCC[C@H]2CCNC2)n1. The lowest BCUT2D eigenvalue weighted by atomic mass is 10.0. The van der Waals surface area contributed by atoms with Crippen LogP contribution in [-0.2, 0) is 11.2 Å². The molecule has 0 aliphatic carbocycles. The largest absolute Gasteiger partial charge is 0.378 e. The number of hydrogen-bond acceptors (Lipinski definition) is 6. The van der Waals surface area contributed by atoms with Crippen LogP contribution in [0.5, 0.6) is 0 Å². The standard InChI is InChI=1S/C23H28F2N6O/c24-22(25)23-27-17-5-1-2-6-18(17)31(23)21-14-20(30-10-12-32-13-11-30)28-19(29-21)7-3-4-16-8-9-26-15-16/h1-2,5-6,14,16,22,26H,3-4,7-13,15H2/t16-/m0/s1. The van der Waals surface area contributed by atoms with Gasteiger partial charge in [-0.2, -0.15) is 0 Å². The van der Waals surface area contributed by atoms with E-state index in [4.69, 9.17) is 14.7 Å². The molecule has 1 N–H and O–H groups in total. The minimum absolute atomic E-state index is 0.291. The molecule has 2 aliphatic rings. The maximum atomic E-state index is 13.9. The van der Waals surface area contributed by atoms with E-state index < -0.39 is 6.43 Å². The Bertz CT molecular complexity index is 1060. The number of aryl methyl sites for hydroxylation is 1. The van der Waals surface area contributed by atoms with Crippen LogP contribution in [0.1, 0.15) is 37.3 Å². The van der Waals surface area contributed by atoms with Crippen LogP contribution >= 0.6 is 0 Å². The molecule has 3 aromatic rings. The molecule has 2 aromatic heterocycles. The number of hydrogen-bond donors (Lipinski definition) is 1. The molecule has 7 nitrogen and oxygen atoms in total. The molecule has 32 heavy (non-hydrogen) atoms. The number of imidazole rings is 1. The third-order valence-electron chi connectivity index (χ3n) is 6.27. The molecule has 0 radical (unpaired) electrons. The third-order valence-corrected chi connectivity index (χ3v) is 6.27. The number of para-hydroxylation sites is 2. The van der Waals surface area contributed by atoms with Crippen LogP contribution in [-0.4, -0.2) is 58.9 Å². The highest BCUT2D eigenvalue weighted by Crippen LogP contribution is 2.29. The zero-order valence-corrected chi connectivity index (χ0v) is 18.0. The number of aromatic nitrogens is 4. The zero-order valence-electron chi connectivity index (χ0n) is 18.0. The first-order valence-corrected chi connectivity index (χ1v) is 11.4. The van der Waals surface area contributed by atoms with Gasteiger partial charge in [-0.25, -0.2) is 23.7 Å². The van der Waals surface area contributed by atoms with E-state index in [0.717, 1.165) is 51.3 Å². The molecule has 0 spiro atoms. The Labute approximate surface area is 185 Å². The minimum Gasteiger partial charge on any atom is -0.378 e. The van der Waals surface area contributed by atoms with Crippen molar-refractivity contribution in [3.63, 3.8) is 0 Å². The van der Waals surface area contributed by atoms with Crippen molar-refractivity contribution in [3.05, 3.63) is 42.0 Å². The maximum absolute atomic E-state index is 13.9. The van der Waals surface area contributed by atoms with Crippen LogP contribution in [0.3, 0.4) is 0 Å². The van der Waals surface area contributed by atoms with Crippen molar-refractivity contribution >= 4 is 16.9 Å². The van der Waals surface area contributed by atoms with Crippen molar-refractivity contribution in [2.45, 2.75) is 32.1 Å². The van der Waals surface area contributed by atoms with Crippen LogP contribution in [0.2, 0.25) is 0 Å². The van der Waals surface area contributed by atoms with E-state index in [1.165, 1.54) is 11.0 Å². The Kier molecular flexibility index (Phi) is 6.27. The smallest absolute Gasteiger partial charge is 0.296 e. The predicted octanol–water partition coefficient (Wildman–Crippen LogP) is 3.52. The lowest BCUT2D eigenvalue weighted by Gasteiger charge is -2.28. The number of nitrogens with zero attached hydrogens (tertiary/aromatic N) is 5. The molecular formula is C23H28F2N6O. The molecule has 0 amide bonds. The van der Waals surface area contributed by atoms with E-state index in [-0.39, 0.29) is 5.82 Å². The van der Waals surface area contributed by atoms with Gasteiger partial charge in [-0.3, -0.25) is 4.57 Å². The van der Waals surface area contributed by atoms with Crippen molar-refractivity contribution in [2.24, 2.45) is 5.92 Å². The first-order valence-electron chi connectivity index (χ1n) is 11.4. The van der Waals surface area contributed by atoms with E-state index in [2.05, 4.69) is 15.2 Å². The van der Waals surface area contributed by atoms with Gasteiger partial charge in [0, 0.05) is 25.6 Å². The molecule has 2 fully saturated rings. The lowest BCUT2D eigenvalue weighted by Crippen LogP contribution is -2.37. The number of halogens is 2. The zero-order chi connectivity index (χ0) is 21.9. The summed E-state index contributed by atoms with van der Waals surface area (Å²) in [5.74, 6) is 2.30. The van der Waals surface area contributed by atoms with Gasteiger partial charge in [0.2, 0.25) is 0 Å². The number of morpholine rings is 1. The van der Waals surface area contributed by atoms with Gasteiger partial charge in [-0.1, -0.05) is 12.1 Å². The Balaban J connectivity index is 1.52. The van der Waals surface area contributed by atoms with Crippen LogP contribution in [0.15, 0.2) is 30.3 Å². The number of nitrogens with one attached hydrogen (secondary N) is 1. The minimum atomic E-state index is -2.71. The first kappa shape index (κ1) is 21.2. The van der Waals surface area contributed by atoms with E-state index in [1.807, 2.05) is 6.07 Å². The molecule has 170 valence electrons. The fourth-order valence-corrected chi connectivity index (χ4v) is 4.59. The van der Waals surface area contributed by atoms with Gasteiger partial charge in [0.15, 0.2) is 5.82 Å². The van der Waals surface area contributed by atoms with Crippen molar-refractivity contribution in [2.75, 3.05) is 44.3 Å². The molecular weight excluding hydrogens is 414 g/mol. The molecule has 1 atom stereocenters. The molecule has 2 aliphatic heterocycles. The molecule has 0 unspecified atom stereocenters. The highest BCUT2D eigenvalue weighted by Gasteiger charge is 2.23. The molecule has 5 rings (SSSR count). The number of alkyl halides is 2. The molecule has 1 aromatic carbocycles. The van der Waals surface area contributed by atoms with Crippen LogP contribution in [0.25, 0.3) is 16.9 Å². The summed E-state index contributed by atoms with van der Waals surface area (Å²) in [5.41, 5.74) is 1.15. The quantitative estimate of drug-likeness (QED) is 0.604. The summed E-state index contributed by atoms with van der Waals surface area (Å²) in [6.45, 7) is 4.84. The second-order valence-corrected chi connectivity index (χ2v) is 8.45. The molecule has 2 saturated heterocycles. The van der Waals surface area contributed by atoms with Gasteiger partial charge in [0.1, 0.15) is 17.5 Å². The maximum Gasteiger partial charge on any atom is 0.296 e. The van der Waals surface area contributed by atoms with Gasteiger partial charge in [0.25, 0.3) is 6.43 Å². The summed E-state index contributed by atoms with van der Waals surface area (Å²) < 4.78 is 34.8. The fraction of sp³-hybridized carbons (Fsp3) is 0.522. The summed E-state index contributed by atoms with van der Waals surface area (Å²) in [6.07, 6.45) is 1.31. The summed E-state index contributed by atoms with van der Waals surface area (Å²) in [6, 6.07) is 8.99.